The second-order valence-corrected chi connectivity index (χ2v) is 9.07. The summed E-state index contributed by atoms with van der Waals surface area (Å²) in [6.45, 7) is 3.90. The lowest BCUT2D eigenvalue weighted by Crippen LogP contribution is -2.38. The number of rotatable bonds is 7. The van der Waals surface area contributed by atoms with E-state index in [1.165, 1.54) is 37.1 Å². The van der Waals surface area contributed by atoms with E-state index in [-0.39, 0.29) is 11.6 Å². The summed E-state index contributed by atoms with van der Waals surface area (Å²) in [7, 11) is 0. The largest absolute Gasteiger partial charge is 0.378 e. The quantitative estimate of drug-likeness (QED) is 0.470. The molecule has 0 radical (unpaired) electrons. The minimum absolute atomic E-state index is 0.296. The number of nitrogens with one attached hydrogen (secondary N) is 1. The molecule has 0 bridgehead atoms. The van der Waals surface area contributed by atoms with E-state index >= 15 is 0 Å². The van der Waals surface area contributed by atoms with Crippen LogP contribution in [0.2, 0.25) is 0 Å². The van der Waals surface area contributed by atoms with Gasteiger partial charge in [-0.25, -0.2) is 8.78 Å². The fraction of sp³-hybridized carbons (Fsp3) is 0.360. The van der Waals surface area contributed by atoms with Crippen LogP contribution in [0.1, 0.15) is 18.4 Å². The zero-order chi connectivity index (χ0) is 23.5. The van der Waals surface area contributed by atoms with Gasteiger partial charge in [0.15, 0.2) is 5.11 Å². The minimum atomic E-state index is -0.303. The second-order valence-electron chi connectivity index (χ2n) is 8.68. The van der Waals surface area contributed by atoms with Crippen molar-refractivity contribution >= 4 is 28.9 Å². The molecule has 0 atom stereocenters. The number of hydrogen-bond donors (Lipinski definition) is 1. The maximum absolute atomic E-state index is 13.6. The third kappa shape index (κ3) is 5.37. The molecule has 178 valence electrons. The number of aromatic nitrogens is 1. The SMILES string of the molecule is Fc1ccc(NC(=S)N(Cc2c(-c3ccc(F)cc3)noc2N2CCOCC2)CC2CC2)cc1. The van der Waals surface area contributed by atoms with Crippen LogP contribution in [0.3, 0.4) is 0 Å². The number of hydrogen-bond acceptors (Lipinski definition) is 5. The van der Waals surface area contributed by atoms with E-state index in [0.29, 0.717) is 55.5 Å². The highest BCUT2D eigenvalue weighted by Gasteiger charge is 2.30. The molecule has 0 spiro atoms. The van der Waals surface area contributed by atoms with Crippen molar-refractivity contribution in [3.63, 3.8) is 0 Å². The summed E-state index contributed by atoms with van der Waals surface area (Å²) in [5.74, 6) is 0.666. The molecule has 1 N–H and O–H groups in total. The van der Waals surface area contributed by atoms with Gasteiger partial charge in [-0.2, -0.15) is 0 Å². The summed E-state index contributed by atoms with van der Waals surface area (Å²) < 4.78 is 38.3. The highest BCUT2D eigenvalue weighted by molar-refractivity contribution is 7.80. The van der Waals surface area contributed by atoms with Crippen LogP contribution in [0.25, 0.3) is 11.3 Å². The van der Waals surface area contributed by atoms with Crippen molar-refractivity contribution in [3.8, 4) is 11.3 Å². The summed E-state index contributed by atoms with van der Waals surface area (Å²) in [6.07, 6.45) is 2.33. The van der Waals surface area contributed by atoms with Crippen LogP contribution in [-0.4, -0.2) is 48.0 Å². The molecule has 2 fully saturated rings. The molecule has 6 nitrogen and oxygen atoms in total. The number of benzene rings is 2. The van der Waals surface area contributed by atoms with Gasteiger partial charge in [0.2, 0.25) is 5.88 Å². The van der Waals surface area contributed by atoms with Gasteiger partial charge in [-0.3, -0.25) is 0 Å². The van der Waals surface area contributed by atoms with E-state index < -0.39 is 0 Å². The first-order valence-corrected chi connectivity index (χ1v) is 11.9. The van der Waals surface area contributed by atoms with Gasteiger partial charge >= 0.3 is 0 Å². The first kappa shape index (κ1) is 22.7. The topological polar surface area (TPSA) is 53.8 Å². The monoisotopic (exact) mass is 484 g/mol. The number of thiocarbonyl (C=S) groups is 1. The molecular weight excluding hydrogens is 458 g/mol. The van der Waals surface area contributed by atoms with Crippen LogP contribution < -0.4 is 10.2 Å². The lowest BCUT2D eigenvalue weighted by molar-refractivity contribution is 0.120. The van der Waals surface area contributed by atoms with Crippen molar-refractivity contribution in [3.05, 3.63) is 65.7 Å². The van der Waals surface area contributed by atoms with Crippen LogP contribution in [0.15, 0.2) is 53.1 Å². The Morgan fingerprint density at radius 3 is 2.32 bits per heavy atom. The standard InChI is InChI=1S/C25H26F2N4O2S/c26-19-5-3-18(4-6-19)23-22(24(33-29-23)30-11-13-32-14-12-30)16-31(15-17-1-2-17)25(34)28-21-9-7-20(27)8-10-21/h3-10,17H,1-2,11-16H2,(H,28,34). The molecular formula is C25H26F2N4O2S. The number of anilines is 2. The van der Waals surface area contributed by atoms with Crippen molar-refractivity contribution in [2.45, 2.75) is 19.4 Å². The third-order valence-corrected chi connectivity index (χ3v) is 6.45. The lowest BCUT2D eigenvalue weighted by atomic mass is 10.1. The maximum atomic E-state index is 13.6. The second kappa shape index (κ2) is 10.1. The van der Waals surface area contributed by atoms with Crippen LogP contribution in [0, 0.1) is 17.6 Å². The normalized spacial score (nSPS) is 15.9. The molecule has 9 heteroatoms. The van der Waals surface area contributed by atoms with Crippen LogP contribution in [0.4, 0.5) is 20.4 Å². The molecule has 2 aromatic carbocycles. The van der Waals surface area contributed by atoms with Gasteiger partial charge in [-0.1, -0.05) is 5.16 Å². The fourth-order valence-electron chi connectivity index (χ4n) is 4.05. The van der Waals surface area contributed by atoms with Crippen molar-refractivity contribution in [1.29, 1.82) is 0 Å². The van der Waals surface area contributed by atoms with Crippen LogP contribution in [-0.2, 0) is 11.3 Å². The summed E-state index contributed by atoms with van der Waals surface area (Å²) in [5.41, 5.74) is 3.08. The molecule has 1 saturated carbocycles. The molecule has 34 heavy (non-hydrogen) atoms. The Morgan fingerprint density at radius 2 is 1.68 bits per heavy atom. The van der Waals surface area contributed by atoms with Crippen LogP contribution in [0.5, 0.6) is 0 Å². The van der Waals surface area contributed by atoms with E-state index in [1.54, 1.807) is 24.3 Å². The zero-order valence-corrected chi connectivity index (χ0v) is 19.5. The predicted octanol–water partition coefficient (Wildman–Crippen LogP) is 5.07. The van der Waals surface area contributed by atoms with E-state index in [1.807, 2.05) is 0 Å². The van der Waals surface area contributed by atoms with Gasteiger partial charge in [0.1, 0.15) is 17.3 Å². The third-order valence-electron chi connectivity index (χ3n) is 6.09. The molecule has 2 heterocycles. The van der Waals surface area contributed by atoms with Gasteiger partial charge in [0, 0.05) is 30.9 Å². The molecule has 0 amide bonds. The Balaban J connectivity index is 1.45. The van der Waals surface area contributed by atoms with E-state index in [9.17, 15) is 8.78 Å². The Morgan fingerprint density at radius 1 is 1.03 bits per heavy atom. The minimum Gasteiger partial charge on any atom is -0.378 e. The Kier molecular flexibility index (Phi) is 6.73. The van der Waals surface area contributed by atoms with Crippen molar-refractivity contribution in [2.24, 2.45) is 5.92 Å². The van der Waals surface area contributed by atoms with E-state index in [0.717, 1.165) is 23.4 Å². The molecule has 0 unspecified atom stereocenters. The van der Waals surface area contributed by atoms with Gasteiger partial charge in [-0.05, 0) is 79.5 Å². The molecule has 3 aromatic rings. The predicted molar refractivity (Wildman–Crippen MR) is 131 cm³/mol. The maximum Gasteiger partial charge on any atom is 0.233 e. The van der Waals surface area contributed by atoms with Crippen molar-refractivity contribution < 1.29 is 18.0 Å². The molecule has 1 aromatic heterocycles. The molecule has 1 saturated heterocycles. The van der Waals surface area contributed by atoms with Crippen LogP contribution >= 0.6 is 12.2 Å². The number of morpholine rings is 1. The summed E-state index contributed by atoms with van der Waals surface area (Å²) in [6, 6.07) is 12.4. The van der Waals surface area contributed by atoms with Gasteiger partial charge in [0.25, 0.3) is 0 Å². The first-order chi connectivity index (χ1) is 16.6. The van der Waals surface area contributed by atoms with E-state index in [2.05, 4.69) is 20.3 Å². The van der Waals surface area contributed by atoms with Gasteiger partial charge < -0.3 is 24.4 Å². The number of halogens is 2. The summed E-state index contributed by atoms with van der Waals surface area (Å²) >= 11 is 5.77. The van der Waals surface area contributed by atoms with E-state index in [4.69, 9.17) is 21.5 Å². The zero-order valence-electron chi connectivity index (χ0n) is 18.7. The Labute approximate surface area is 202 Å². The van der Waals surface area contributed by atoms with Crippen molar-refractivity contribution in [2.75, 3.05) is 43.1 Å². The number of nitrogens with zero attached hydrogens (tertiary/aromatic N) is 3. The number of ether oxygens (including phenoxy) is 1. The molecule has 1 aliphatic carbocycles. The summed E-state index contributed by atoms with van der Waals surface area (Å²) in [5, 5.41) is 8.17. The van der Waals surface area contributed by atoms with Gasteiger partial charge in [-0.15, -0.1) is 0 Å². The first-order valence-electron chi connectivity index (χ1n) is 11.5. The smallest absolute Gasteiger partial charge is 0.233 e. The fourth-order valence-corrected chi connectivity index (χ4v) is 4.31. The average molecular weight is 485 g/mol. The lowest BCUT2D eigenvalue weighted by Gasteiger charge is -2.29. The van der Waals surface area contributed by atoms with Gasteiger partial charge in [0.05, 0.1) is 25.3 Å². The van der Waals surface area contributed by atoms with Crippen molar-refractivity contribution in [1.82, 2.24) is 10.1 Å². The highest BCUT2D eigenvalue weighted by atomic mass is 32.1. The Bertz CT molecular complexity index is 1130. The molecule has 1 aliphatic heterocycles. The molecule has 2 aliphatic rings. The average Bonchev–Trinajstić information content (AvgIpc) is 3.58. The Hall–Kier alpha value is -3.04. The highest BCUT2D eigenvalue weighted by Crippen LogP contribution is 2.35. The molecule has 5 rings (SSSR count). The summed E-state index contributed by atoms with van der Waals surface area (Å²) in [4.78, 5) is 4.24.